The fourth-order valence-corrected chi connectivity index (χ4v) is 3.07. The van der Waals surface area contributed by atoms with Crippen LogP contribution in [-0.2, 0) is 17.2 Å². The second-order valence-corrected chi connectivity index (χ2v) is 5.88. The third-order valence-electron chi connectivity index (χ3n) is 2.90. The number of anilines is 1. The number of aromatic nitrogens is 1. The summed E-state index contributed by atoms with van der Waals surface area (Å²) in [6.07, 6.45) is 4.60. The molecule has 19 heavy (non-hydrogen) atoms. The number of unbranched alkanes of at least 4 members (excludes halogenated alkanes) is 1. The number of hydrogen-bond donors (Lipinski definition) is 1. The van der Waals surface area contributed by atoms with Gasteiger partial charge in [0.25, 0.3) is 0 Å². The van der Waals surface area contributed by atoms with Gasteiger partial charge in [0, 0.05) is 11.9 Å². The molecule has 0 amide bonds. The Morgan fingerprint density at radius 3 is 2.58 bits per heavy atom. The predicted octanol–water partition coefficient (Wildman–Crippen LogP) is 2.79. The second kappa shape index (κ2) is 7.04. The van der Waals surface area contributed by atoms with Gasteiger partial charge in [-0.3, -0.25) is 4.21 Å². The normalized spacial score (nSPS) is 12.2. The molecule has 0 fully saturated rings. The highest BCUT2D eigenvalue weighted by atomic mass is 32.2. The lowest BCUT2D eigenvalue weighted by Crippen LogP contribution is -2.04. The Morgan fingerprint density at radius 2 is 1.84 bits per heavy atom. The van der Waals surface area contributed by atoms with Crippen LogP contribution in [0.2, 0.25) is 0 Å². The largest absolute Gasteiger partial charge is 0.396 e. The van der Waals surface area contributed by atoms with E-state index in [1.165, 1.54) is 5.56 Å². The van der Waals surface area contributed by atoms with Crippen LogP contribution in [0.15, 0.2) is 53.7 Å². The molecule has 1 unspecified atom stereocenters. The molecule has 3 nitrogen and oxygen atoms in total. The van der Waals surface area contributed by atoms with Gasteiger partial charge in [0.15, 0.2) is 0 Å². The first-order chi connectivity index (χ1) is 9.27. The Morgan fingerprint density at radius 1 is 1.05 bits per heavy atom. The van der Waals surface area contributed by atoms with Crippen molar-refractivity contribution in [2.24, 2.45) is 0 Å². The summed E-state index contributed by atoms with van der Waals surface area (Å²) in [5.74, 6) is 0.619. The number of nitrogens with two attached hydrogens (primary N) is 1. The van der Waals surface area contributed by atoms with E-state index in [-0.39, 0.29) is 0 Å². The zero-order valence-electron chi connectivity index (χ0n) is 10.8. The van der Waals surface area contributed by atoms with Gasteiger partial charge < -0.3 is 5.73 Å². The summed E-state index contributed by atoms with van der Waals surface area (Å²) in [6.45, 7) is 0. The van der Waals surface area contributed by atoms with Gasteiger partial charge in [-0.05, 0) is 37.0 Å². The number of pyridine rings is 1. The molecule has 0 saturated carbocycles. The van der Waals surface area contributed by atoms with Crippen LogP contribution in [-0.4, -0.2) is 14.9 Å². The number of hydrogen-bond acceptors (Lipinski definition) is 3. The maximum Gasteiger partial charge on any atom is 0.150 e. The predicted molar refractivity (Wildman–Crippen MR) is 79.3 cm³/mol. The molecular formula is C15H18N2OS. The smallest absolute Gasteiger partial charge is 0.150 e. The van der Waals surface area contributed by atoms with Crippen molar-refractivity contribution in [2.75, 3.05) is 11.5 Å². The quantitative estimate of drug-likeness (QED) is 0.824. The minimum Gasteiger partial charge on any atom is -0.396 e. The molecule has 100 valence electrons. The summed E-state index contributed by atoms with van der Waals surface area (Å²) in [7, 11) is -1.09. The highest BCUT2D eigenvalue weighted by Gasteiger charge is 2.08. The molecule has 0 aliphatic rings. The fraction of sp³-hybridized carbons (Fsp3) is 0.267. The van der Waals surface area contributed by atoms with Crippen LogP contribution in [0.5, 0.6) is 0 Å². The van der Waals surface area contributed by atoms with Crippen LogP contribution in [0, 0.1) is 0 Å². The monoisotopic (exact) mass is 274 g/mol. The Labute approximate surface area is 116 Å². The van der Waals surface area contributed by atoms with E-state index in [0.29, 0.717) is 16.5 Å². The molecule has 2 N–H and O–H groups in total. The maximum absolute atomic E-state index is 12.0. The minimum absolute atomic E-state index is 0.516. The van der Waals surface area contributed by atoms with Crippen LogP contribution in [0.3, 0.4) is 0 Å². The molecule has 0 spiro atoms. The van der Waals surface area contributed by atoms with Crippen molar-refractivity contribution >= 4 is 16.5 Å². The minimum atomic E-state index is -1.09. The molecule has 4 heteroatoms. The van der Waals surface area contributed by atoms with E-state index in [1.807, 2.05) is 18.2 Å². The van der Waals surface area contributed by atoms with E-state index < -0.39 is 10.8 Å². The van der Waals surface area contributed by atoms with Crippen LogP contribution < -0.4 is 5.73 Å². The number of nitrogen functional groups attached to an aromatic ring is 1. The van der Waals surface area contributed by atoms with Crippen LogP contribution in [0.4, 0.5) is 5.69 Å². The second-order valence-electron chi connectivity index (χ2n) is 4.39. The van der Waals surface area contributed by atoms with Crippen molar-refractivity contribution in [1.82, 2.24) is 4.98 Å². The van der Waals surface area contributed by atoms with Gasteiger partial charge in [0.2, 0.25) is 0 Å². The number of benzene rings is 1. The topological polar surface area (TPSA) is 56.0 Å². The van der Waals surface area contributed by atoms with E-state index in [0.717, 1.165) is 19.3 Å². The summed E-state index contributed by atoms with van der Waals surface area (Å²) >= 11 is 0. The summed E-state index contributed by atoms with van der Waals surface area (Å²) in [4.78, 5) is 4.09. The molecule has 1 aromatic carbocycles. The van der Waals surface area contributed by atoms with Crippen molar-refractivity contribution in [3.8, 4) is 0 Å². The summed E-state index contributed by atoms with van der Waals surface area (Å²) in [5.41, 5.74) is 7.60. The van der Waals surface area contributed by atoms with Crippen LogP contribution >= 0.6 is 0 Å². The molecular weight excluding hydrogens is 256 g/mol. The van der Waals surface area contributed by atoms with Gasteiger partial charge in [-0.15, -0.1) is 0 Å². The Kier molecular flexibility index (Phi) is 5.10. The molecule has 2 rings (SSSR count). The number of nitrogens with zero attached hydrogens (tertiary/aromatic N) is 1. The molecule has 0 bridgehead atoms. The summed E-state index contributed by atoms with van der Waals surface area (Å²) < 4.78 is 12.0. The molecule has 0 aliphatic heterocycles. The average molecular weight is 274 g/mol. The molecule has 1 heterocycles. The Bertz CT molecular complexity index is 543. The lowest BCUT2D eigenvalue weighted by atomic mass is 10.1. The van der Waals surface area contributed by atoms with Crippen LogP contribution in [0.1, 0.15) is 18.4 Å². The number of rotatable bonds is 6. The van der Waals surface area contributed by atoms with Gasteiger partial charge in [-0.25, -0.2) is 4.98 Å². The zero-order chi connectivity index (χ0) is 13.5. The lowest BCUT2D eigenvalue weighted by Gasteiger charge is -2.04. The van der Waals surface area contributed by atoms with Gasteiger partial charge in [0.05, 0.1) is 16.5 Å². The van der Waals surface area contributed by atoms with Crippen LogP contribution in [0.25, 0.3) is 0 Å². The first kappa shape index (κ1) is 13.7. The third kappa shape index (κ3) is 4.17. The standard InChI is InChI=1S/C15H18N2OS/c16-14-10-6-11-17-15(14)19(18)12-5-4-9-13-7-2-1-3-8-13/h1-3,6-8,10-11H,4-5,9,12,16H2. The molecule has 0 radical (unpaired) electrons. The summed E-state index contributed by atoms with van der Waals surface area (Å²) in [5, 5.41) is 0.516. The van der Waals surface area contributed by atoms with E-state index >= 15 is 0 Å². The molecule has 2 aromatic rings. The Hall–Kier alpha value is -1.68. The highest BCUT2D eigenvalue weighted by Crippen LogP contribution is 2.14. The van der Waals surface area contributed by atoms with Gasteiger partial charge >= 0.3 is 0 Å². The van der Waals surface area contributed by atoms with Gasteiger partial charge in [-0.2, -0.15) is 0 Å². The molecule has 0 saturated heterocycles. The molecule has 1 aromatic heterocycles. The van der Waals surface area contributed by atoms with Crippen molar-refractivity contribution in [3.05, 3.63) is 54.2 Å². The van der Waals surface area contributed by atoms with Crippen molar-refractivity contribution in [3.63, 3.8) is 0 Å². The van der Waals surface area contributed by atoms with Gasteiger partial charge in [0.1, 0.15) is 5.03 Å². The van der Waals surface area contributed by atoms with Gasteiger partial charge in [-0.1, -0.05) is 30.3 Å². The maximum atomic E-state index is 12.0. The SMILES string of the molecule is Nc1cccnc1S(=O)CCCCc1ccccc1. The van der Waals surface area contributed by atoms with Crippen molar-refractivity contribution in [2.45, 2.75) is 24.3 Å². The zero-order valence-corrected chi connectivity index (χ0v) is 11.6. The molecule has 0 aliphatic carbocycles. The number of aryl methyl sites for hydroxylation is 1. The fourth-order valence-electron chi connectivity index (χ4n) is 1.90. The highest BCUT2D eigenvalue weighted by molar-refractivity contribution is 7.85. The molecule has 1 atom stereocenters. The van der Waals surface area contributed by atoms with E-state index in [2.05, 4.69) is 17.1 Å². The van der Waals surface area contributed by atoms with E-state index in [9.17, 15) is 4.21 Å². The average Bonchev–Trinajstić information content (AvgIpc) is 2.45. The first-order valence-corrected chi connectivity index (χ1v) is 7.72. The Balaban J connectivity index is 1.77. The van der Waals surface area contributed by atoms with Crippen molar-refractivity contribution in [1.29, 1.82) is 0 Å². The summed E-state index contributed by atoms with van der Waals surface area (Å²) in [6, 6.07) is 13.8. The van der Waals surface area contributed by atoms with Crippen molar-refractivity contribution < 1.29 is 4.21 Å². The van der Waals surface area contributed by atoms with E-state index in [4.69, 9.17) is 5.73 Å². The first-order valence-electron chi connectivity index (χ1n) is 6.40. The lowest BCUT2D eigenvalue weighted by molar-refractivity contribution is 0.675. The van der Waals surface area contributed by atoms with E-state index in [1.54, 1.807) is 18.3 Å². The third-order valence-corrected chi connectivity index (χ3v) is 4.34.